The monoisotopic (exact) mass is 406 g/mol. The van der Waals surface area contributed by atoms with Crippen molar-refractivity contribution in [2.45, 2.75) is 24.8 Å². The Morgan fingerprint density at radius 3 is 2.80 bits per heavy atom. The first kappa shape index (κ1) is 15.4. The second kappa shape index (κ2) is 6.66. The Labute approximate surface area is 135 Å². The summed E-state index contributed by atoms with van der Waals surface area (Å²) in [6.07, 6.45) is 0.730. The Balaban J connectivity index is 2.17. The van der Waals surface area contributed by atoms with Crippen LogP contribution in [0.4, 0.5) is 10.5 Å². The van der Waals surface area contributed by atoms with Gasteiger partial charge in [-0.2, -0.15) is 0 Å². The zero-order valence-corrected chi connectivity index (χ0v) is 13.8. The maximum Gasteiger partial charge on any atom is 0.327 e. The quantitative estimate of drug-likeness (QED) is 0.758. The van der Waals surface area contributed by atoms with Gasteiger partial charge in [-0.1, -0.05) is 19.1 Å². The summed E-state index contributed by atoms with van der Waals surface area (Å²) in [4.78, 5) is 25.1. The molecule has 20 heavy (non-hydrogen) atoms. The summed E-state index contributed by atoms with van der Waals surface area (Å²) >= 11 is 3.65. The maximum absolute atomic E-state index is 12.4. The van der Waals surface area contributed by atoms with E-state index in [9.17, 15) is 14.7 Å². The van der Waals surface area contributed by atoms with Gasteiger partial charge in [-0.05, 0) is 41.1 Å². The number of amides is 2. The highest BCUT2D eigenvalue weighted by Crippen LogP contribution is 2.32. The maximum atomic E-state index is 12.4. The smallest absolute Gasteiger partial charge is 0.327 e. The molecule has 2 N–H and O–H groups in total. The van der Waals surface area contributed by atoms with Gasteiger partial charge in [0.25, 0.3) is 0 Å². The third-order valence-corrected chi connectivity index (χ3v) is 5.47. The molecule has 1 aromatic carbocycles. The van der Waals surface area contributed by atoms with Crippen LogP contribution in [0.2, 0.25) is 0 Å². The second-order valence-corrected chi connectivity index (χ2v) is 6.74. The summed E-state index contributed by atoms with van der Waals surface area (Å²) in [6, 6.07) is 6.31. The predicted octanol–water partition coefficient (Wildman–Crippen LogP) is 3.06. The molecule has 0 saturated carbocycles. The molecule has 1 aliphatic heterocycles. The molecule has 1 saturated heterocycles. The van der Waals surface area contributed by atoms with Crippen LogP contribution in [0.3, 0.4) is 0 Å². The van der Waals surface area contributed by atoms with Crippen molar-refractivity contribution < 1.29 is 14.7 Å². The van der Waals surface area contributed by atoms with E-state index in [0.29, 0.717) is 11.4 Å². The van der Waals surface area contributed by atoms with Crippen LogP contribution in [0.15, 0.2) is 24.3 Å². The second-order valence-electron chi connectivity index (χ2n) is 4.37. The number of nitrogens with one attached hydrogen (secondary N) is 1. The van der Waals surface area contributed by atoms with E-state index in [2.05, 4.69) is 27.9 Å². The first-order chi connectivity index (χ1) is 9.54. The number of hydrogen-bond acceptors (Lipinski definition) is 3. The molecule has 2 amide bonds. The number of carbonyl (C=O) groups is 2. The number of benzene rings is 1. The van der Waals surface area contributed by atoms with Gasteiger partial charge >= 0.3 is 12.0 Å². The van der Waals surface area contributed by atoms with Crippen LogP contribution in [-0.2, 0) is 4.79 Å². The minimum absolute atomic E-state index is 0.0857. The number of halogens is 1. The molecule has 108 valence electrons. The molecule has 0 aromatic heterocycles. The summed E-state index contributed by atoms with van der Waals surface area (Å²) in [6.45, 7) is 1.95. The minimum atomic E-state index is -0.952. The van der Waals surface area contributed by atoms with Crippen LogP contribution in [-0.4, -0.2) is 39.2 Å². The molecule has 1 heterocycles. The van der Waals surface area contributed by atoms with Crippen LogP contribution in [0, 0.1) is 3.57 Å². The Bertz CT molecular complexity index is 526. The standard InChI is InChI=1S/C13H15IN2O3S/c1-2-11-16(10(7-20-11)12(17)18)13(19)15-9-6-4-3-5-8(9)14/h3-6,10-11H,2,7H2,1H3,(H,15,19)(H,17,18). The van der Waals surface area contributed by atoms with Gasteiger partial charge in [-0.25, -0.2) is 9.59 Å². The zero-order valence-electron chi connectivity index (χ0n) is 10.9. The average molecular weight is 406 g/mol. The molecule has 0 aliphatic carbocycles. The van der Waals surface area contributed by atoms with E-state index < -0.39 is 12.0 Å². The van der Waals surface area contributed by atoms with Crippen molar-refractivity contribution >= 4 is 52.0 Å². The van der Waals surface area contributed by atoms with Gasteiger partial charge in [0.15, 0.2) is 0 Å². The third kappa shape index (κ3) is 3.20. The van der Waals surface area contributed by atoms with Crippen LogP contribution in [0.5, 0.6) is 0 Å². The van der Waals surface area contributed by atoms with Crippen LogP contribution in [0.1, 0.15) is 13.3 Å². The van der Waals surface area contributed by atoms with Gasteiger partial charge in [0.2, 0.25) is 0 Å². The number of aliphatic carboxylic acids is 1. The number of thioether (sulfide) groups is 1. The van der Waals surface area contributed by atoms with E-state index in [1.54, 1.807) is 6.07 Å². The summed E-state index contributed by atoms with van der Waals surface area (Å²) in [5.74, 6) is -0.515. The summed E-state index contributed by atoms with van der Waals surface area (Å²) < 4.78 is 0.922. The van der Waals surface area contributed by atoms with Crippen molar-refractivity contribution in [2.24, 2.45) is 0 Å². The highest BCUT2D eigenvalue weighted by atomic mass is 127. The summed E-state index contributed by atoms with van der Waals surface area (Å²) in [5, 5.41) is 11.9. The van der Waals surface area contributed by atoms with Crippen LogP contribution < -0.4 is 5.32 Å². The number of carboxylic acids is 1. The SMILES string of the molecule is CCC1SCC(C(=O)O)N1C(=O)Nc1ccccc1I. The largest absolute Gasteiger partial charge is 0.480 e. The summed E-state index contributed by atoms with van der Waals surface area (Å²) in [5.41, 5.74) is 0.703. The molecule has 2 unspecified atom stereocenters. The van der Waals surface area contributed by atoms with Crippen molar-refractivity contribution in [3.63, 3.8) is 0 Å². The first-order valence-corrected chi connectivity index (χ1v) is 8.35. The fourth-order valence-electron chi connectivity index (χ4n) is 2.08. The van der Waals surface area contributed by atoms with Crippen LogP contribution >= 0.6 is 34.4 Å². The van der Waals surface area contributed by atoms with Gasteiger partial charge in [-0.3, -0.25) is 4.90 Å². The van der Waals surface area contributed by atoms with Crippen molar-refractivity contribution in [2.75, 3.05) is 11.1 Å². The molecule has 1 aliphatic rings. The predicted molar refractivity (Wildman–Crippen MR) is 88.0 cm³/mol. The zero-order chi connectivity index (χ0) is 14.7. The van der Waals surface area contributed by atoms with E-state index in [1.165, 1.54) is 16.7 Å². The molecule has 0 spiro atoms. The van der Waals surface area contributed by atoms with Crippen molar-refractivity contribution in [1.29, 1.82) is 0 Å². The molecule has 2 atom stereocenters. The van der Waals surface area contributed by atoms with E-state index in [1.807, 2.05) is 25.1 Å². The molecule has 0 radical (unpaired) electrons. The van der Waals surface area contributed by atoms with Gasteiger partial charge in [0.1, 0.15) is 6.04 Å². The first-order valence-electron chi connectivity index (χ1n) is 6.22. The number of nitrogens with zero attached hydrogens (tertiary/aromatic N) is 1. The van der Waals surface area contributed by atoms with E-state index in [0.717, 1.165) is 9.99 Å². The number of anilines is 1. The molecule has 7 heteroatoms. The average Bonchev–Trinajstić information content (AvgIpc) is 2.85. The fourth-order valence-corrected chi connectivity index (χ4v) is 3.95. The highest BCUT2D eigenvalue weighted by Gasteiger charge is 2.40. The lowest BCUT2D eigenvalue weighted by molar-refractivity contribution is -0.141. The Kier molecular flexibility index (Phi) is 5.14. The lowest BCUT2D eigenvalue weighted by atomic mass is 10.2. The Morgan fingerprint density at radius 2 is 2.20 bits per heavy atom. The number of carboxylic acid groups (broad SMARTS) is 1. The van der Waals surface area contributed by atoms with Gasteiger partial charge < -0.3 is 10.4 Å². The van der Waals surface area contributed by atoms with Crippen molar-refractivity contribution in [3.8, 4) is 0 Å². The Hall–Kier alpha value is -0.960. The molecule has 2 rings (SSSR count). The molecular formula is C13H15IN2O3S. The molecular weight excluding hydrogens is 391 g/mol. The van der Waals surface area contributed by atoms with Crippen LogP contribution in [0.25, 0.3) is 0 Å². The molecule has 1 aromatic rings. The lowest BCUT2D eigenvalue weighted by Crippen LogP contribution is -2.47. The van der Waals surface area contributed by atoms with E-state index in [-0.39, 0.29) is 11.4 Å². The Morgan fingerprint density at radius 1 is 1.50 bits per heavy atom. The van der Waals surface area contributed by atoms with E-state index >= 15 is 0 Å². The molecule has 0 bridgehead atoms. The molecule has 1 fully saturated rings. The summed E-state index contributed by atoms with van der Waals surface area (Å²) in [7, 11) is 0. The van der Waals surface area contributed by atoms with Crippen molar-refractivity contribution in [3.05, 3.63) is 27.8 Å². The van der Waals surface area contributed by atoms with Gasteiger partial charge in [0, 0.05) is 9.32 Å². The fraction of sp³-hybridized carbons (Fsp3) is 0.385. The third-order valence-electron chi connectivity index (χ3n) is 3.08. The van der Waals surface area contributed by atoms with Gasteiger partial charge in [-0.15, -0.1) is 11.8 Å². The normalized spacial score (nSPS) is 21.8. The van der Waals surface area contributed by atoms with E-state index in [4.69, 9.17) is 0 Å². The number of rotatable bonds is 3. The number of carbonyl (C=O) groups excluding carboxylic acids is 1. The number of hydrogen-bond donors (Lipinski definition) is 2. The highest BCUT2D eigenvalue weighted by molar-refractivity contribution is 14.1. The number of para-hydroxylation sites is 1. The topological polar surface area (TPSA) is 69.6 Å². The number of urea groups is 1. The molecule has 5 nitrogen and oxygen atoms in total. The van der Waals surface area contributed by atoms with Crippen molar-refractivity contribution in [1.82, 2.24) is 4.90 Å². The lowest BCUT2D eigenvalue weighted by Gasteiger charge is -2.27. The minimum Gasteiger partial charge on any atom is -0.480 e. The van der Waals surface area contributed by atoms with Gasteiger partial charge in [0.05, 0.1) is 11.1 Å².